The van der Waals surface area contributed by atoms with Crippen molar-refractivity contribution in [3.63, 3.8) is 0 Å². The van der Waals surface area contributed by atoms with Crippen LogP contribution in [0.3, 0.4) is 0 Å². The van der Waals surface area contributed by atoms with Gasteiger partial charge in [0.15, 0.2) is 5.82 Å². The molecule has 1 amide bonds. The van der Waals surface area contributed by atoms with Gasteiger partial charge in [0.2, 0.25) is 0 Å². The minimum Gasteiger partial charge on any atom is -0.465 e. The molecule has 0 spiro atoms. The lowest BCUT2D eigenvalue weighted by atomic mass is 9.99. The first kappa shape index (κ1) is 17.8. The van der Waals surface area contributed by atoms with E-state index in [1.54, 1.807) is 12.1 Å². The summed E-state index contributed by atoms with van der Waals surface area (Å²) in [4.78, 5) is 14.9. The smallest absolute Gasteiger partial charge is 0.410 e. The second kappa shape index (κ2) is 6.87. The molecule has 1 fully saturated rings. The Morgan fingerprint density at radius 1 is 1.25 bits per heavy atom. The van der Waals surface area contributed by atoms with Crippen molar-refractivity contribution < 1.29 is 15.0 Å². The molecule has 2 aromatic heterocycles. The van der Waals surface area contributed by atoms with Crippen molar-refractivity contribution in [2.75, 3.05) is 11.1 Å². The highest BCUT2D eigenvalue weighted by atomic mass is 16.4. The highest BCUT2D eigenvalue weighted by molar-refractivity contribution is 5.96. The summed E-state index contributed by atoms with van der Waals surface area (Å²) >= 11 is 0. The average molecular weight is 377 g/mol. The maximum atomic E-state index is 10.9. The number of hydrogen-bond acceptors (Lipinski definition) is 5. The fourth-order valence-corrected chi connectivity index (χ4v) is 3.46. The molecular weight excluding hydrogens is 358 g/mol. The van der Waals surface area contributed by atoms with E-state index in [0.717, 1.165) is 24.0 Å². The standard InChI is InChI=1S/C20H19N5O3/c21-18-15-10-14(12-4-8-22-16(11-12)23-19(26)27)9-13(17(15)24-25-18)3-7-20(28)5-1-2-6-20/h4,8-11,28H,1-2,5-6H2,(H,22,23)(H,26,27)(H3,21,24,25). The van der Waals surface area contributed by atoms with Crippen LogP contribution in [0, 0.1) is 11.8 Å². The van der Waals surface area contributed by atoms with Crippen molar-refractivity contribution in [2.45, 2.75) is 31.3 Å². The van der Waals surface area contributed by atoms with Gasteiger partial charge in [-0.15, -0.1) is 0 Å². The van der Waals surface area contributed by atoms with Gasteiger partial charge in [0.25, 0.3) is 0 Å². The van der Waals surface area contributed by atoms with Crippen LogP contribution in [0.15, 0.2) is 30.5 Å². The molecule has 0 atom stereocenters. The van der Waals surface area contributed by atoms with Crippen LogP contribution in [0.25, 0.3) is 22.0 Å². The largest absolute Gasteiger partial charge is 0.465 e. The molecule has 1 aliphatic carbocycles. The number of aromatic amines is 1. The van der Waals surface area contributed by atoms with Gasteiger partial charge >= 0.3 is 6.09 Å². The fraction of sp³-hybridized carbons (Fsp3) is 0.250. The van der Waals surface area contributed by atoms with Gasteiger partial charge in [-0.05, 0) is 61.1 Å². The Bertz CT molecular complexity index is 1120. The van der Waals surface area contributed by atoms with Crippen LogP contribution in [0.2, 0.25) is 0 Å². The summed E-state index contributed by atoms with van der Waals surface area (Å²) in [5, 5.41) is 29.4. The van der Waals surface area contributed by atoms with Crippen LogP contribution >= 0.6 is 0 Å². The summed E-state index contributed by atoms with van der Waals surface area (Å²) < 4.78 is 0. The predicted octanol–water partition coefficient (Wildman–Crippen LogP) is 2.95. The molecule has 2 heterocycles. The van der Waals surface area contributed by atoms with Gasteiger partial charge < -0.3 is 15.9 Å². The summed E-state index contributed by atoms with van der Waals surface area (Å²) in [6.07, 6.45) is 3.61. The molecule has 4 rings (SSSR count). The van der Waals surface area contributed by atoms with Gasteiger partial charge in [-0.3, -0.25) is 10.4 Å². The molecule has 1 aliphatic rings. The van der Waals surface area contributed by atoms with Gasteiger partial charge in [-0.2, -0.15) is 5.10 Å². The highest BCUT2D eigenvalue weighted by Gasteiger charge is 2.28. The lowest BCUT2D eigenvalue weighted by molar-refractivity contribution is 0.110. The summed E-state index contributed by atoms with van der Waals surface area (Å²) in [7, 11) is 0. The molecule has 8 nitrogen and oxygen atoms in total. The second-order valence-corrected chi connectivity index (χ2v) is 6.90. The number of nitrogens with one attached hydrogen (secondary N) is 2. The van der Waals surface area contributed by atoms with Gasteiger partial charge in [0, 0.05) is 11.6 Å². The number of anilines is 2. The van der Waals surface area contributed by atoms with E-state index in [1.165, 1.54) is 6.20 Å². The third-order valence-electron chi connectivity index (χ3n) is 4.89. The number of benzene rings is 1. The maximum Gasteiger partial charge on any atom is 0.410 e. The Balaban J connectivity index is 1.81. The van der Waals surface area contributed by atoms with E-state index in [2.05, 4.69) is 32.3 Å². The van der Waals surface area contributed by atoms with Crippen LogP contribution in [0.1, 0.15) is 31.2 Å². The number of nitrogen functional groups attached to an aromatic ring is 1. The number of amides is 1. The number of nitrogens with zero attached hydrogens (tertiary/aromatic N) is 2. The second-order valence-electron chi connectivity index (χ2n) is 6.90. The SMILES string of the molecule is Nc1n[nH]c2c(C#CC3(O)CCCC3)cc(-c3ccnc(NC(=O)O)c3)cc12. The highest BCUT2D eigenvalue weighted by Crippen LogP contribution is 2.31. The summed E-state index contributed by atoms with van der Waals surface area (Å²) in [5.41, 5.74) is 7.95. The average Bonchev–Trinajstić information content (AvgIpc) is 3.26. The monoisotopic (exact) mass is 377 g/mol. The Kier molecular flexibility index (Phi) is 4.37. The van der Waals surface area contributed by atoms with E-state index in [0.29, 0.717) is 35.1 Å². The van der Waals surface area contributed by atoms with Crippen LogP contribution in [0.5, 0.6) is 0 Å². The van der Waals surface area contributed by atoms with Gasteiger partial charge in [0.1, 0.15) is 11.4 Å². The van der Waals surface area contributed by atoms with E-state index in [9.17, 15) is 9.90 Å². The number of rotatable bonds is 2. The van der Waals surface area contributed by atoms with Crippen molar-refractivity contribution in [3.8, 4) is 23.0 Å². The molecule has 0 unspecified atom stereocenters. The summed E-state index contributed by atoms with van der Waals surface area (Å²) in [6, 6.07) is 7.13. The van der Waals surface area contributed by atoms with Crippen LogP contribution in [-0.4, -0.2) is 37.1 Å². The maximum absolute atomic E-state index is 10.9. The first-order chi connectivity index (χ1) is 13.4. The van der Waals surface area contributed by atoms with Crippen molar-refractivity contribution in [1.29, 1.82) is 0 Å². The third kappa shape index (κ3) is 3.48. The Hall–Kier alpha value is -3.57. The zero-order chi connectivity index (χ0) is 19.7. The van der Waals surface area contributed by atoms with E-state index in [1.807, 2.05) is 12.1 Å². The molecular formula is C20H19N5O3. The molecule has 142 valence electrons. The lowest BCUT2D eigenvalue weighted by Crippen LogP contribution is -2.20. The van der Waals surface area contributed by atoms with Gasteiger partial charge in [-0.25, -0.2) is 9.78 Å². The van der Waals surface area contributed by atoms with Crippen molar-refractivity contribution in [2.24, 2.45) is 0 Å². The minimum absolute atomic E-state index is 0.221. The predicted molar refractivity (Wildman–Crippen MR) is 106 cm³/mol. The topological polar surface area (TPSA) is 137 Å². The van der Waals surface area contributed by atoms with Crippen molar-refractivity contribution >= 4 is 28.6 Å². The molecule has 8 heteroatoms. The molecule has 0 saturated heterocycles. The molecule has 0 radical (unpaired) electrons. The van der Waals surface area contributed by atoms with Crippen LogP contribution in [0.4, 0.5) is 16.4 Å². The first-order valence-corrected chi connectivity index (χ1v) is 8.93. The number of pyridine rings is 1. The number of hydrogen-bond donors (Lipinski definition) is 5. The van der Waals surface area contributed by atoms with Gasteiger partial charge in [-0.1, -0.05) is 11.8 Å². The molecule has 0 aliphatic heterocycles. The molecule has 28 heavy (non-hydrogen) atoms. The number of aliphatic hydroxyl groups is 1. The van der Waals surface area contributed by atoms with Crippen LogP contribution < -0.4 is 11.1 Å². The number of H-pyrrole nitrogens is 1. The Morgan fingerprint density at radius 2 is 2.04 bits per heavy atom. The minimum atomic E-state index is -1.18. The normalized spacial score (nSPS) is 15.2. The summed E-state index contributed by atoms with van der Waals surface area (Å²) in [6.45, 7) is 0. The van der Waals surface area contributed by atoms with Crippen molar-refractivity contribution in [1.82, 2.24) is 15.2 Å². The van der Waals surface area contributed by atoms with Crippen LogP contribution in [-0.2, 0) is 0 Å². The number of aromatic nitrogens is 3. The zero-order valence-electron chi connectivity index (χ0n) is 15.0. The van der Waals surface area contributed by atoms with Gasteiger partial charge in [0.05, 0.1) is 11.1 Å². The Morgan fingerprint density at radius 3 is 2.79 bits per heavy atom. The number of carboxylic acid groups (broad SMARTS) is 1. The quantitative estimate of drug-likeness (QED) is 0.435. The van der Waals surface area contributed by atoms with E-state index < -0.39 is 11.7 Å². The molecule has 3 aromatic rings. The van der Waals surface area contributed by atoms with E-state index >= 15 is 0 Å². The molecule has 6 N–H and O–H groups in total. The fourth-order valence-electron chi connectivity index (χ4n) is 3.46. The number of nitrogens with two attached hydrogens (primary N) is 1. The van der Waals surface area contributed by atoms with Crippen molar-refractivity contribution in [3.05, 3.63) is 36.0 Å². The molecule has 0 bridgehead atoms. The molecule has 1 saturated carbocycles. The van der Waals surface area contributed by atoms with E-state index in [4.69, 9.17) is 10.8 Å². The summed E-state index contributed by atoms with van der Waals surface area (Å²) in [5.74, 6) is 6.66. The number of fused-ring (bicyclic) bond motifs is 1. The zero-order valence-corrected chi connectivity index (χ0v) is 15.0. The third-order valence-corrected chi connectivity index (χ3v) is 4.89. The Labute approximate surface area is 160 Å². The lowest BCUT2D eigenvalue weighted by Gasteiger charge is -2.13. The van der Waals surface area contributed by atoms with E-state index in [-0.39, 0.29) is 5.82 Å². The number of carbonyl (C=O) groups is 1. The molecule has 1 aromatic carbocycles. The first-order valence-electron chi connectivity index (χ1n) is 8.93.